The third kappa shape index (κ3) is 4.16. The predicted molar refractivity (Wildman–Crippen MR) is 83.9 cm³/mol. The molecule has 0 fully saturated rings. The summed E-state index contributed by atoms with van der Waals surface area (Å²) in [7, 11) is 1.75. The molecule has 0 aromatic carbocycles. The van der Waals surface area contributed by atoms with Crippen LogP contribution in [0.3, 0.4) is 0 Å². The summed E-state index contributed by atoms with van der Waals surface area (Å²) in [6.07, 6.45) is 2.96. The van der Waals surface area contributed by atoms with E-state index < -0.39 is 0 Å². The number of ether oxygens (including phenoxy) is 1. The number of nitrogens with one attached hydrogen (secondary N) is 2. The fourth-order valence-corrected chi connectivity index (χ4v) is 2.84. The van der Waals surface area contributed by atoms with Crippen LogP contribution in [0, 0.1) is 5.41 Å². The summed E-state index contributed by atoms with van der Waals surface area (Å²) in [5.41, 5.74) is 2.58. The van der Waals surface area contributed by atoms with Crippen molar-refractivity contribution in [2.45, 2.75) is 26.8 Å². The third-order valence-electron chi connectivity index (χ3n) is 3.39. The van der Waals surface area contributed by atoms with Crippen molar-refractivity contribution >= 4 is 11.3 Å². The summed E-state index contributed by atoms with van der Waals surface area (Å²) in [5, 5.41) is 12.9. The minimum atomic E-state index is 0.239. The molecule has 2 heterocycles. The first-order valence-corrected chi connectivity index (χ1v) is 7.76. The van der Waals surface area contributed by atoms with Crippen LogP contribution in [0.25, 0.3) is 10.6 Å². The normalized spacial score (nSPS) is 11.9. The average Bonchev–Trinajstić information content (AvgIpc) is 3.06. The van der Waals surface area contributed by atoms with Gasteiger partial charge in [0.2, 0.25) is 0 Å². The molecule has 5 heteroatoms. The van der Waals surface area contributed by atoms with Gasteiger partial charge in [0.1, 0.15) is 0 Å². The fourth-order valence-electron chi connectivity index (χ4n) is 2.08. The van der Waals surface area contributed by atoms with Crippen LogP contribution in [0.5, 0.6) is 0 Å². The molecule has 2 aromatic heterocycles. The van der Waals surface area contributed by atoms with E-state index in [1.54, 1.807) is 18.4 Å². The molecule has 20 heavy (non-hydrogen) atoms. The van der Waals surface area contributed by atoms with Crippen LogP contribution in [-0.2, 0) is 11.3 Å². The smallest absolute Gasteiger partial charge is 0.0794 e. The van der Waals surface area contributed by atoms with Gasteiger partial charge in [0, 0.05) is 32.4 Å². The maximum Gasteiger partial charge on any atom is 0.0794 e. The Morgan fingerprint density at radius 1 is 1.45 bits per heavy atom. The summed E-state index contributed by atoms with van der Waals surface area (Å²) < 4.78 is 5.16. The highest BCUT2D eigenvalue weighted by molar-refractivity contribution is 7.13. The summed E-state index contributed by atoms with van der Waals surface area (Å²) in [6, 6.07) is 4.18. The van der Waals surface area contributed by atoms with Crippen molar-refractivity contribution in [2.24, 2.45) is 5.41 Å². The second kappa shape index (κ2) is 7.02. The summed E-state index contributed by atoms with van der Waals surface area (Å²) in [4.78, 5) is 1.23. The molecule has 4 nitrogen and oxygen atoms in total. The van der Waals surface area contributed by atoms with Crippen molar-refractivity contribution in [3.63, 3.8) is 0 Å². The average molecular weight is 293 g/mol. The van der Waals surface area contributed by atoms with E-state index >= 15 is 0 Å². The lowest BCUT2D eigenvalue weighted by Crippen LogP contribution is -2.30. The zero-order chi connectivity index (χ0) is 14.4. The molecule has 0 spiro atoms. The zero-order valence-electron chi connectivity index (χ0n) is 12.4. The summed E-state index contributed by atoms with van der Waals surface area (Å²) in [5.74, 6) is 0. The van der Waals surface area contributed by atoms with E-state index in [4.69, 9.17) is 4.74 Å². The molecule has 0 unspecified atom stereocenters. The Bertz CT molecular complexity index is 505. The van der Waals surface area contributed by atoms with E-state index in [2.05, 4.69) is 46.9 Å². The van der Waals surface area contributed by atoms with Crippen molar-refractivity contribution in [1.82, 2.24) is 15.5 Å². The highest BCUT2D eigenvalue weighted by atomic mass is 32.1. The van der Waals surface area contributed by atoms with E-state index in [1.165, 1.54) is 10.4 Å². The van der Waals surface area contributed by atoms with Crippen molar-refractivity contribution in [3.8, 4) is 10.6 Å². The van der Waals surface area contributed by atoms with Crippen LogP contribution in [0.4, 0.5) is 0 Å². The van der Waals surface area contributed by atoms with Crippen molar-refractivity contribution in [2.75, 3.05) is 20.3 Å². The van der Waals surface area contributed by atoms with E-state index in [0.29, 0.717) is 0 Å². The minimum absolute atomic E-state index is 0.239. The number of H-pyrrole nitrogens is 1. The van der Waals surface area contributed by atoms with Gasteiger partial charge in [0.25, 0.3) is 0 Å². The van der Waals surface area contributed by atoms with Gasteiger partial charge in [-0.1, -0.05) is 19.9 Å². The maximum atomic E-state index is 5.16. The SMILES string of the molecule is COCCC(C)(C)CNCc1cn[nH]c1-c1cccs1. The van der Waals surface area contributed by atoms with E-state index in [9.17, 15) is 0 Å². The summed E-state index contributed by atoms with van der Waals surface area (Å²) >= 11 is 1.73. The Balaban J connectivity index is 1.88. The van der Waals surface area contributed by atoms with Gasteiger partial charge in [0.15, 0.2) is 0 Å². The second-order valence-corrected chi connectivity index (χ2v) is 6.71. The standard InChI is InChI=1S/C15H23N3OS/c1-15(2,6-7-19-3)11-16-9-12-10-17-18-14(12)13-5-4-8-20-13/h4-5,8,10,16H,6-7,9,11H2,1-3H3,(H,17,18). The van der Waals surface area contributed by atoms with Crippen LogP contribution in [0.2, 0.25) is 0 Å². The molecule has 2 N–H and O–H groups in total. The van der Waals surface area contributed by atoms with Gasteiger partial charge in [-0.25, -0.2) is 0 Å². The molecule has 0 atom stereocenters. The molecule has 2 rings (SSSR count). The molecule has 0 aliphatic rings. The first-order chi connectivity index (χ1) is 9.62. The van der Waals surface area contributed by atoms with Crippen LogP contribution in [0.1, 0.15) is 25.8 Å². The number of aromatic nitrogens is 2. The quantitative estimate of drug-likeness (QED) is 0.785. The molecule has 0 aliphatic heterocycles. The maximum absolute atomic E-state index is 5.16. The highest BCUT2D eigenvalue weighted by Gasteiger charge is 2.17. The van der Waals surface area contributed by atoms with Crippen LogP contribution in [-0.4, -0.2) is 30.5 Å². The molecular weight excluding hydrogens is 270 g/mol. The van der Waals surface area contributed by atoms with Crippen LogP contribution < -0.4 is 5.32 Å². The second-order valence-electron chi connectivity index (χ2n) is 5.76. The Morgan fingerprint density at radius 2 is 2.30 bits per heavy atom. The van der Waals surface area contributed by atoms with Crippen molar-refractivity contribution < 1.29 is 4.74 Å². The van der Waals surface area contributed by atoms with E-state index in [-0.39, 0.29) is 5.41 Å². The predicted octanol–water partition coefficient (Wildman–Crippen LogP) is 3.29. The molecule has 0 bridgehead atoms. The molecule has 0 saturated heterocycles. The van der Waals surface area contributed by atoms with Gasteiger partial charge in [-0.2, -0.15) is 5.10 Å². The van der Waals surface area contributed by atoms with E-state index in [0.717, 1.165) is 31.8 Å². The van der Waals surface area contributed by atoms with Gasteiger partial charge in [0.05, 0.1) is 16.8 Å². The van der Waals surface area contributed by atoms with Gasteiger partial charge in [-0.15, -0.1) is 11.3 Å². The highest BCUT2D eigenvalue weighted by Crippen LogP contribution is 2.26. The van der Waals surface area contributed by atoms with Crippen LogP contribution in [0.15, 0.2) is 23.7 Å². The Morgan fingerprint density at radius 3 is 3.00 bits per heavy atom. The molecule has 110 valence electrons. The number of methoxy groups -OCH3 is 1. The largest absolute Gasteiger partial charge is 0.385 e. The van der Waals surface area contributed by atoms with Crippen LogP contribution >= 0.6 is 11.3 Å². The number of rotatable bonds is 8. The number of hydrogen-bond acceptors (Lipinski definition) is 4. The number of thiophene rings is 1. The Hall–Kier alpha value is -1.17. The number of aromatic amines is 1. The molecule has 2 aromatic rings. The number of hydrogen-bond donors (Lipinski definition) is 2. The van der Waals surface area contributed by atoms with Gasteiger partial charge < -0.3 is 10.1 Å². The first kappa shape index (κ1) is 15.2. The zero-order valence-corrected chi connectivity index (χ0v) is 13.2. The van der Waals surface area contributed by atoms with Crippen molar-refractivity contribution in [3.05, 3.63) is 29.3 Å². The minimum Gasteiger partial charge on any atom is -0.385 e. The monoisotopic (exact) mass is 293 g/mol. The molecule has 0 aliphatic carbocycles. The molecular formula is C15H23N3OS. The van der Waals surface area contributed by atoms with Gasteiger partial charge in [-0.05, 0) is 23.3 Å². The van der Waals surface area contributed by atoms with Gasteiger partial charge >= 0.3 is 0 Å². The number of nitrogens with zero attached hydrogens (tertiary/aromatic N) is 1. The molecule has 0 amide bonds. The lowest BCUT2D eigenvalue weighted by Gasteiger charge is -2.24. The molecule has 0 saturated carbocycles. The fraction of sp³-hybridized carbons (Fsp3) is 0.533. The lowest BCUT2D eigenvalue weighted by molar-refractivity contribution is 0.150. The van der Waals surface area contributed by atoms with Crippen molar-refractivity contribution in [1.29, 1.82) is 0 Å². The topological polar surface area (TPSA) is 49.9 Å². The van der Waals surface area contributed by atoms with E-state index in [1.807, 2.05) is 6.20 Å². The summed E-state index contributed by atoms with van der Waals surface area (Å²) in [6.45, 7) is 7.12. The third-order valence-corrected chi connectivity index (χ3v) is 4.27. The molecule has 0 radical (unpaired) electrons. The first-order valence-electron chi connectivity index (χ1n) is 6.88. The van der Waals surface area contributed by atoms with Gasteiger partial charge in [-0.3, -0.25) is 5.10 Å². The Labute approximate surface area is 124 Å². The lowest BCUT2D eigenvalue weighted by atomic mass is 9.89. The Kier molecular flexibility index (Phi) is 5.34.